The molecular formula is C37H34N4O5S2. The normalized spacial score (nSPS) is 11.7. The van der Waals surface area contributed by atoms with Gasteiger partial charge in [0.2, 0.25) is 5.91 Å². The molecule has 0 aliphatic carbocycles. The number of aromatic nitrogens is 1. The highest BCUT2D eigenvalue weighted by Crippen LogP contribution is 2.32. The molecule has 48 heavy (non-hydrogen) atoms. The fourth-order valence-corrected chi connectivity index (χ4v) is 6.16. The van der Waals surface area contributed by atoms with Crippen molar-refractivity contribution in [3.05, 3.63) is 125 Å². The summed E-state index contributed by atoms with van der Waals surface area (Å²) in [7, 11) is 1.61. The molecule has 3 amide bonds. The lowest BCUT2D eigenvalue weighted by Gasteiger charge is -2.14. The quantitative estimate of drug-likeness (QED) is 0.0861. The van der Waals surface area contributed by atoms with Gasteiger partial charge in [-0.3, -0.25) is 14.4 Å². The summed E-state index contributed by atoms with van der Waals surface area (Å²) in [4.78, 5) is 44.9. The van der Waals surface area contributed by atoms with Gasteiger partial charge in [0.25, 0.3) is 11.8 Å². The Hall–Kier alpha value is -5.39. The molecule has 0 bridgehead atoms. The number of nitrogens with one attached hydrogen (secondary N) is 3. The SMILES string of the molecule is CCOc1ccccc1/C=C(\NC(=O)c1ccccc1)C(=O)Nc1ccc(SC(C)C(=O)Nc2nc(-c3ccccc3OC)cs2)cc1. The molecule has 1 aromatic heterocycles. The van der Waals surface area contributed by atoms with E-state index >= 15 is 0 Å². The number of thiazole rings is 1. The Labute approximate surface area is 287 Å². The molecule has 0 saturated heterocycles. The molecule has 1 heterocycles. The lowest BCUT2D eigenvalue weighted by Crippen LogP contribution is -2.30. The van der Waals surface area contributed by atoms with E-state index in [4.69, 9.17) is 9.47 Å². The molecule has 4 aromatic carbocycles. The summed E-state index contributed by atoms with van der Waals surface area (Å²) in [6, 6.07) is 30.7. The third-order valence-corrected chi connectivity index (χ3v) is 8.83. The molecule has 0 aliphatic heterocycles. The van der Waals surface area contributed by atoms with Gasteiger partial charge in [0.1, 0.15) is 17.2 Å². The Morgan fingerprint density at radius 3 is 2.29 bits per heavy atom. The lowest BCUT2D eigenvalue weighted by molar-refractivity contribution is -0.115. The number of para-hydroxylation sites is 2. The smallest absolute Gasteiger partial charge is 0.272 e. The highest BCUT2D eigenvalue weighted by Gasteiger charge is 2.19. The van der Waals surface area contributed by atoms with E-state index in [0.717, 1.165) is 16.2 Å². The number of amides is 3. The van der Waals surface area contributed by atoms with Crippen LogP contribution in [0.1, 0.15) is 29.8 Å². The van der Waals surface area contributed by atoms with Crippen LogP contribution in [0.25, 0.3) is 17.3 Å². The van der Waals surface area contributed by atoms with Gasteiger partial charge < -0.3 is 25.4 Å². The van der Waals surface area contributed by atoms with Gasteiger partial charge in [-0.1, -0.05) is 48.5 Å². The van der Waals surface area contributed by atoms with Crippen molar-refractivity contribution >= 4 is 57.7 Å². The van der Waals surface area contributed by atoms with E-state index in [1.165, 1.54) is 23.1 Å². The lowest BCUT2D eigenvalue weighted by atomic mass is 10.1. The maximum absolute atomic E-state index is 13.5. The summed E-state index contributed by atoms with van der Waals surface area (Å²) >= 11 is 2.72. The average Bonchev–Trinajstić information content (AvgIpc) is 3.58. The van der Waals surface area contributed by atoms with Crippen LogP contribution < -0.4 is 25.4 Å². The van der Waals surface area contributed by atoms with E-state index in [2.05, 4.69) is 20.9 Å². The van der Waals surface area contributed by atoms with Gasteiger partial charge in [-0.25, -0.2) is 4.98 Å². The standard InChI is InChI=1S/C37H34N4O5S2/c1-4-46-32-16-10-8-14-26(32)22-30(39-35(43)25-12-6-5-7-13-25)36(44)38-27-18-20-28(21-19-27)48-24(2)34(42)41-37-40-31(23-47-37)29-15-9-11-17-33(29)45-3/h5-24H,4H2,1-3H3,(H,38,44)(H,39,43)(H,40,41,42)/b30-22-. The van der Waals surface area contributed by atoms with Gasteiger partial charge in [-0.15, -0.1) is 23.1 Å². The summed E-state index contributed by atoms with van der Waals surface area (Å²) in [5.74, 6) is 0.189. The number of nitrogens with zero attached hydrogens (tertiary/aromatic N) is 1. The predicted octanol–water partition coefficient (Wildman–Crippen LogP) is 7.75. The number of rotatable bonds is 13. The van der Waals surface area contributed by atoms with Crippen molar-refractivity contribution < 1.29 is 23.9 Å². The van der Waals surface area contributed by atoms with Gasteiger partial charge in [0.15, 0.2) is 5.13 Å². The second kappa shape index (κ2) is 16.4. The highest BCUT2D eigenvalue weighted by atomic mass is 32.2. The Morgan fingerprint density at radius 2 is 1.56 bits per heavy atom. The van der Waals surface area contributed by atoms with Crippen molar-refractivity contribution in [1.82, 2.24) is 10.3 Å². The fourth-order valence-electron chi connectivity index (χ4n) is 4.58. The molecule has 0 spiro atoms. The summed E-state index contributed by atoms with van der Waals surface area (Å²) in [6.45, 7) is 4.14. The zero-order valence-electron chi connectivity index (χ0n) is 26.6. The molecule has 1 unspecified atom stereocenters. The average molecular weight is 679 g/mol. The second-order valence-corrected chi connectivity index (χ2v) is 12.6. The van der Waals surface area contributed by atoms with Crippen molar-refractivity contribution in [2.24, 2.45) is 0 Å². The fraction of sp³-hybridized carbons (Fsp3) is 0.135. The minimum atomic E-state index is -0.505. The third kappa shape index (κ3) is 8.90. The minimum Gasteiger partial charge on any atom is -0.496 e. The van der Waals surface area contributed by atoms with Crippen LogP contribution in [0, 0.1) is 0 Å². The Bertz CT molecular complexity index is 1910. The van der Waals surface area contributed by atoms with Crippen LogP contribution in [-0.2, 0) is 9.59 Å². The molecule has 3 N–H and O–H groups in total. The van der Waals surface area contributed by atoms with Gasteiger partial charge >= 0.3 is 0 Å². The van der Waals surface area contributed by atoms with Crippen LogP contribution in [0.2, 0.25) is 0 Å². The maximum Gasteiger partial charge on any atom is 0.272 e. The van der Waals surface area contributed by atoms with E-state index in [-0.39, 0.29) is 11.6 Å². The monoisotopic (exact) mass is 678 g/mol. The Morgan fingerprint density at radius 1 is 0.875 bits per heavy atom. The van der Waals surface area contributed by atoms with Crippen LogP contribution in [0.15, 0.2) is 119 Å². The first-order chi connectivity index (χ1) is 23.3. The summed E-state index contributed by atoms with van der Waals surface area (Å²) in [5, 5.41) is 10.5. The Balaban J connectivity index is 1.24. The van der Waals surface area contributed by atoms with Gasteiger partial charge in [-0.2, -0.15) is 0 Å². The first-order valence-electron chi connectivity index (χ1n) is 15.1. The summed E-state index contributed by atoms with van der Waals surface area (Å²) < 4.78 is 11.2. The molecule has 244 valence electrons. The number of benzene rings is 4. The zero-order valence-corrected chi connectivity index (χ0v) is 28.2. The molecule has 11 heteroatoms. The zero-order chi connectivity index (χ0) is 33.9. The van der Waals surface area contributed by atoms with Gasteiger partial charge in [-0.05, 0) is 74.5 Å². The maximum atomic E-state index is 13.5. The van der Waals surface area contributed by atoms with Crippen LogP contribution >= 0.6 is 23.1 Å². The predicted molar refractivity (Wildman–Crippen MR) is 193 cm³/mol. The van der Waals surface area contributed by atoms with Crippen molar-refractivity contribution in [3.8, 4) is 22.8 Å². The summed E-state index contributed by atoms with van der Waals surface area (Å²) in [5.41, 5.74) is 3.21. The number of anilines is 2. The molecule has 9 nitrogen and oxygen atoms in total. The molecule has 0 aliphatic rings. The summed E-state index contributed by atoms with van der Waals surface area (Å²) in [6.07, 6.45) is 1.59. The molecule has 0 radical (unpaired) electrons. The van der Waals surface area contributed by atoms with Crippen LogP contribution in [0.5, 0.6) is 11.5 Å². The molecule has 1 atom stereocenters. The van der Waals surface area contributed by atoms with E-state index < -0.39 is 17.1 Å². The van der Waals surface area contributed by atoms with Crippen molar-refractivity contribution in [2.75, 3.05) is 24.4 Å². The van der Waals surface area contributed by atoms with Crippen molar-refractivity contribution in [1.29, 1.82) is 0 Å². The second-order valence-electron chi connectivity index (χ2n) is 10.3. The number of hydrogen-bond acceptors (Lipinski definition) is 8. The van der Waals surface area contributed by atoms with Crippen LogP contribution in [0.3, 0.4) is 0 Å². The first kappa shape index (κ1) is 34.0. The molecule has 0 fully saturated rings. The van der Waals surface area contributed by atoms with Crippen molar-refractivity contribution in [2.45, 2.75) is 24.0 Å². The number of carbonyl (C=O) groups excluding carboxylic acids is 3. The van der Waals surface area contributed by atoms with E-state index in [1.807, 2.05) is 79.9 Å². The minimum absolute atomic E-state index is 0.0517. The van der Waals surface area contributed by atoms with E-state index in [9.17, 15) is 14.4 Å². The number of methoxy groups -OCH3 is 1. The topological polar surface area (TPSA) is 119 Å². The largest absolute Gasteiger partial charge is 0.496 e. The number of hydrogen-bond donors (Lipinski definition) is 3. The van der Waals surface area contributed by atoms with Gasteiger partial charge in [0.05, 0.1) is 24.7 Å². The Kier molecular flexibility index (Phi) is 11.6. The molecular weight excluding hydrogens is 645 g/mol. The first-order valence-corrected chi connectivity index (χ1v) is 16.9. The number of carbonyl (C=O) groups is 3. The van der Waals surface area contributed by atoms with Gasteiger partial charge in [0, 0.05) is 32.7 Å². The van der Waals surface area contributed by atoms with Crippen LogP contribution in [0.4, 0.5) is 10.8 Å². The molecule has 0 saturated carbocycles. The van der Waals surface area contributed by atoms with Crippen LogP contribution in [-0.4, -0.2) is 41.7 Å². The van der Waals surface area contributed by atoms with E-state index in [0.29, 0.717) is 40.1 Å². The highest BCUT2D eigenvalue weighted by molar-refractivity contribution is 8.00. The number of thioether (sulfide) groups is 1. The number of ether oxygens (including phenoxy) is 2. The molecule has 5 rings (SSSR count). The third-order valence-electron chi connectivity index (χ3n) is 6.96. The van der Waals surface area contributed by atoms with E-state index in [1.54, 1.807) is 55.7 Å². The van der Waals surface area contributed by atoms with Crippen molar-refractivity contribution in [3.63, 3.8) is 0 Å². The molecule has 5 aromatic rings.